The van der Waals surface area contributed by atoms with E-state index in [4.69, 9.17) is 0 Å². The third-order valence-corrected chi connectivity index (χ3v) is 5.20. The number of hydrogen-bond acceptors (Lipinski definition) is 5. The fourth-order valence-electron chi connectivity index (χ4n) is 3.63. The lowest BCUT2D eigenvalue weighted by Crippen LogP contribution is -2.37. The topological polar surface area (TPSA) is 89.5 Å². The summed E-state index contributed by atoms with van der Waals surface area (Å²) in [5, 5.41) is 19.5. The largest absolute Gasteiger partial charge is 0.394 e. The van der Waals surface area contributed by atoms with Gasteiger partial charge < -0.3 is 15.2 Å². The van der Waals surface area contributed by atoms with Gasteiger partial charge in [0.2, 0.25) is 0 Å². The molecular weight excluding hydrogens is 342 g/mol. The molecule has 3 rings (SSSR count). The smallest absolute Gasteiger partial charge is 0.254 e. The first kappa shape index (κ1) is 19.5. The minimum Gasteiger partial charge on any atom is -0.394 e. The molecule has 0 amide bonds. The number of aromatic nitrogens is 2. The monoisotopic (exact) mass is 369 g/mol. The molecule has 1 aliphatic carbocycles. The standard InChI is InChI=1S/C21H27N3O3/c1-2-16(19(26)13-25)11-24(10-15-6-4-3-5-7-15)12-17-8-9-18-20(17)22-14-23-21(18)27/h3-8,14,16,19,25-26H,2,9-13H2,1H3,(H,22,23,27)/t16-,19+/m1/s1. The van der Waals surface area contributed by atoms with Gasteiger partial charge in [0.05, 0.1) is 24.7 Å². The lowest BCUT2D eigenvalue weighted by molar-refractivity contribution is 0.0301. The summed E-state index contributed by atoms with van der Waals surface area (Å²) in [6, 6.07) is 10.2. The molecular formula is C21H27N3O3. The summed E-state index contributed by atoms with van der Waals surface area (Å²) < 4.78 is 0. The zero-order valence-electron chi connectivity index (χ0n) is 15.6. The molecule has 0 unspecified atom stereocenters. The van der Waals surface area contributed by atoms with E-state index in [9.17, 15) is 15.0 Å². The fourth-order valence-corrected chi connectivity index (χ4v) is 3.63. The first-order chi connectivity index (χ1) is 13.1. The lowest BCUT2D eigenvalue weighted by Gasteiger charge is -2.29. The quantitative estimate of drug-likeness (QED) is 0.625. The van der Waals surface area contributed by atoms with Gasteiger partial charge in [-0.1, -0.05) is 43.3 Å². The number of allylic oxidation sites excluding steroid dienone is 1. The Kier molecular flexibility index (Phi) is 6.55. The highest BCUT2D eigenvalue weighted by Crippen LogP contribution is 2.25. The Morgan fingerprint density at radius 1 is 1.26 bits per heavy atom. The first-order valence-electron chi connectivity index (χ1n) is 9.43. The van der Waals surface area contributed by atoms with Crippen molar-refractivity contribution in [3.05, 3.63) is 69.9 Å². The normalized spacial score (nSPS) is 15.5. The molecule has 6 nitrogen and oxygen atoms in total. The highest BCUT2D eigenvalue weighted by atomic mass is 16.3. The summed E-state index contributed by atoms with van der Waals surface area (Å²) in [4.78, 5) is 21.2. The van der Waals surface area contributed by atoms with Crippen molar-refractivity contribution in [1.82, 2.24) is 14.9 Å². The summed E-state index contributed by atoms with van der Waals surface area (Å²) in [6.07, 6.45) is 4.16. The maximum Gasteiger partial charge on any atom is 0.254 e. The number of nitrogens with one attached hydrogen (secondary N) is 1. The highest BCUT2D eigenvalue weighted by Gasteiger charge is 2.24. The number of benzene rings is 1. The molecule has 1 heterocycles. The van der Waals surface area contributed by atoms with Crippen molar-refractivity contribution < 1.29 is 10.2 Å². The van der Waals surface area contributed by atoms with E-state index in [0.29, 0.717) is 19.5 Å². The third-order valence-electron chi connectivity index (χ3n) is 5.20. The minimum absolute atomic E-state index is 0.0210. The van der Waals surface area contributed by atoms with E-state index in [1.54, 1.807) is 0 Å². The van der Waals surface area contributed by atoms with E-state index in [0.717, 1.165) is 29.8 Å². The lowest BCUT2D eigenvalue weighted by atomic mass is 9.98. The van der Waals surface area contributed by atoms with Crippen LogP contribution in [0.3, 0.4) is 0 Å². The maximum atomic E-state index is 12.0. The van der Waals surface area contributed by atoms with Gasteiger partial charge in [-0.2, -0.15) is 0 Å². The van der Waals surface area contributed by atoms with Crippen molar-refractivity contribution in [3.8, 4) is 0 Å². The van der Waals surface area contributed by atoms with Crippen molar-refractivity contribution in [3.63, 3.8) is 0 Å². The van der Waals surface area contributed by atoms with Gasteiger partial charge in [0.15, 0.2) is 0 Å². The summed E-state index contributed by atoms with van der Waals surface area (Å²) in [6.45, 7) is 3.82. The maximum absolute atomic E-state index is 12.0. The second kappa shape index (κ2) is 9.08. The van der Waals surface area contributed by atoms with Crippen LogP contribution in [0.5, 0.6) is 0 Å². The molecule has 0 aliphatic heterocycles. The Morgan fingerprint density at radius 2 is 2.04 bits per heavy atom. The number of hydrogen-bond donors (Lipinski definition) is 3. The van der Waals surface area contributed by atoms with Gasteiger partial charge in [0.25, 0.3) is 5.56 Å². The number of fused-ring (bicyclic) bond motifs is 1. The summed E-state index contributed by atoms with van der Waals surface area (Å²) in [7, 11) is 0. The van der Waals surface area contributed by atoms with E-state index in [-0.39, 0.29) is 18.1 Å². The molecule has 0 saturated heterocycles. The fraction of sp³-hybridized carbons (Fsp3) is 0.429. The first-order valence-corrected chi connectivity index (χ1v) is 9.43. The van der Waals surface area contributed by atoms with E-state index in [2.05, 4.69) is 33.1 Å². The van der Waals surface area contributed by atoms with Crippen LogP contribution in [0.25, 0.3) is 5.57 Å². The van der Waals surface area contributed by atoms with Gasteiger partial charge >= 0.3 is 0 Å². The summed E-state index contributed by atoms with van der Waals surface area (Å²) >= 11 is 0. The number of nitrogens with zero attached hydrogens (tertiary/aromatic N) is 2. The Balaban J connectivity index is 1.80. The average Bonchev–Trinajstić information content (AvgIpc) is 3.10. The molecule has 0 saturated carbocycles. The van der Waals surface area contributed by atoms with Gasteiger partial charge in [-0.15, -0.1) is 0 Å². The molecule has 0 spiro atoms. The number of H-pyrrole nitrogens is 1. The molecule has 0 fully saturated rings. The molecule has 1 aliphatic rings. The molecule has 0 bridgehead atoms. The van der Waals surface area contributed by atoms with E-state index >= 15 is 0 Å². The van der Waals surface area contributed by atoms with Crippen molar-refractivity contribution in [2.75, 3.05) is 19.7 Å². The van der Waals surface area contributed by atoms with E-state index < -0.39 is 6.10 Å². The average molecular weight is 369 g/mol. The molecule has 0 radical (unpaired) electrons. The van der Waals surface area contributed by atoms with Crippen molar-refractivity contribution in [2.45, 2.75) is 32.4 Å². The van der Waals surface area contributed by atoms with Crippen LogP contribution >= 0.6 is 0 Å². The molecule has 2 aromatic rings. The van der Waals surface area contributed by atoms with Crippen LogP contribution < -0.4 is 5.56 Å². The van der Waals surface area contributed by atoms with Crippen LogP contribution in [0.4, 0.5) is 0 Å². The molecule has 27 heavy (non-hydrogen) atoms. The van der Waals surface area contributed by atoms with Gasteiger partial charge in [-0.25, -0.2) is 4.98 Å². The van der Waals surface area contributed by atoms with Crippen molar-refractivity contribution in [1.29, 1.82) is 0 Å². The van der Waals surface area contributed by atoms with Gasteiger partial charge in [0.1, 0.15) is 0 Å². The van der Waals surface area contributed by atoms with E-state index in [1.807, 2.05) is 25.1 Å². The predicted molar refractivity (Wildman–Crippen MR) is 105 cm³/mol. The number of aromatic amines is 1. The zero-order chi connectivity index (χ0) is 19.2. The number of aliphatic hydroxyl groups excluding tert-OH is 2. The molecule has 144 valence electrons. The SMILES string of the molecule is CC[C@H](CN(CC1=CCc2c1nc[nH]c2=O)Cc1ccccc1)[C@@H](O)CO. The Hall–Kier alpha value is -2.28. The van der Waals surface area contributed by atoms with Crippen LogP contribution in [0.2, 0.25) is 0 Å². The van der Waals surface area contributed by atoms with Crippen LogP contribution in [-0.4, -0.2) is 50.9 Å². The number of aliphatic hydroxyl groups is 2. The minimum atomic E-state index is -0.737. The van der Waals surface area contributed by atoms with Crippen LogP contribution in [-0.2, 0) is 13.0 Å². The highest BCUT2D eigenvalue weighted by molar-refractivity contribution is 5.70. The second-order valence-corrected chi connectivity index (χ2v) is 7.07. The number of rotatable bonds is 9. The van der Waals surface area contributed by atoms with E-state index in [1.165, 1.54) is 11.9 Å². The second-order valence-electron chi connectivity index (χ2n) is 7.07. The Bertz CT molecular complexity index is 832. The summed E-state index contributed by atoms with van der Waals surface area (Å²) in [5.74, 6) is -0.0210. The van der Waals surface area contributed by atoms with Crippen LogP contribution in [0.15, 0.2) is 47.5 Å². The zero-order valence-corrected chi connectivity index (χ0v) is 15.6. The molecule has 2 atom stereocenters. The van der Waals surface area contributed by atoms with Crippen LogP contribution in [0, 0.1) is 5.92 Å². The third kappa shape index (κ3) is 4.71. The molecule has 6 heteroatoms. The van der Waals surface area contributed by atoms with Crippen molar-refractivity contribution in [2.24, 2.45) is 5.92 Å². The summed E-state index contributed by atoms with van der Waals surface area (Å²) in [5.41, 5.74) is 3.63. The van der Waals surface area contributed by atoms with Crippen LogP contribution in [0.1, 0.15) is 30.2 Å². The Labute approximate surface area is 159 Å². The van der Waals surface area contributed by atoms with Gasteiger partial charge in [-0.05, 0) is 29.9 Å². The predicted octanol–water partition coefficient (Wildman–Crippen LogP) is 1.59. The molecule has 1 aromatic carbocycles. The van der Waals surface area contributed by atoms with Crippen molar-refractivity contribution >= 4 is 5.57 Å². The Morgan fingerprint density at radius 3 is 2.74 bits per heavy atom. The molecule has 3 N–H and O–H groups in total. The van der Waals surface area contributed by atoms with Gasteiger partial charge in [-0.3, -0.25) is 9.69 Å². The molecule has 1 aromatic heterocycles. The van der Waals surface area contributed by atoms with Gasteiger partial charge in [0, 0.05) is 25.2 Å².